The molecule has 0 aliphatic carbocycles. The number of hydrogen-bond donors (Lipinski definition) is 2. The molecule has 8 bridgehead atoms. The normalized spacial score (nSPS) is 11.7. The minimum atomic E-state index is 0. The van der Waals surface area contributed by atoms with Gasteiger partial charge >= 0.3 is 17.1 Å². The van der Waals surface area contributed by atoms with E-state index in [4.69, 9.17) is 29.9 Å². The number of fused-ring (bicyclic) bond motifs is 20. The van der Waals surface area contributed by atoms with Crippen molar-refractivity contribution in [3.8, 4) is 45.6 Å². The molecular weight excluding hydrogens is 640 g/mol. The van der Waals surface area contributed by atoms with Crippen LogP contribution in [0.15, 0.2) is 95.5 Å². The van der Waals surface area contributed by atoms with Crippen molar-refractivity contribution in [1.29, 1.82) is 0 Å². The molecule has 4 aromatic carbocycles. The molecule has 0 fully saturated rings. The van der Waals surface area contributed by atoms with E-state index in [1.54, 1.807) is 0 Å². The molecule has 42 heavy (non-hydrogen) atoms. The van der Waals surface area contributed by atoms with E-state index in [1.165, 1.54) is 0 Å². The van der Waals surface area contributed by atoms with E-state index in [9.17, 15) is 0 Å². The van der Waals surface area contributed by atoms with E-state index in [-0.39, 0.29) is 17.1 Å². The zero-order valence-corrected chi connectivity index (χ0v) is 24.1. The molecule has 8 nitrogen and oxygen atoms in total. The van der Waals surface area contributed by atoms with Crippen LogP contribution in [0.2, 0.25) is 0 Å². The van der Waals surface area contributed by atoms with Gasteiger partial charge in [0.2, 0.25) is 0 Å². The number of nitrogens with one attached hydrogen (secondary N) is 2. The number of benzene rings is 4. The van der Waals surface area contributed by atoms with E-state index < -0.39 is 0 Å². The largest absolute Gasteiger partial charge is 1.00 e. The number of halogens is 1. The first-order valence-corrected chi connectivity index (χ1v) is 13.9. The van der Waals surface area contributed by atoms with Gasteiger partial charge < -0.3 is 9.97 Å². The Balaban J connectivity index is 0.00000267. The van der Waals surface area contributed by atoms with Crippen LogP contribution >= 0.6 is 15.9 Å². The Morgan fingerprint density at radius 2 is 0.786 bits per heavy atom. The predicted molar refractivity (Wildman–Crippen MR) is 164 cm³/mol. The number of hydrogen-bond acceptors (Lipinski definition) is 6. The molecule has 2 aliphatic rings. The van der Waals surface area contributed by atoms with Gasteiger partial charge in [0.05, 0.1) is 0 Å². The summed E-state index contributed by atoms with van der Waals surface area (Å²) in [4.78, 5) is 36.9. The Morgan fingerprint density at radius 3 is 1.29 bits per heavy atom. The molecule has 0 spiro atoms. The summed E-state index contributed by atoms with van der Waals surface area (Å²) in [6, 6.07) is 30.1. The molecule has 2 aliphatic heterocycles. The van der Waals surface area contributed by atoms with Crippen LogP contribution in [0.1, 0.15) is 0 Å². The van der Waals surface area contributed by atoms with Crippen LogP contribution in [0.5, 0.6) is 0 Å². The summed E-state index contributed by atoms with van der Waals surface area (Å²) in [6.45, 7) is 0. The van der Waals surface area contributed by atoms with Crippen LogP contribution in [0.4, 0.5) is 0 Å². The summed E-state index contributed by atoms with van der Waals surface area (Å²) in [5.74, 6) is 2.34. The maximum absolute atomic E-state index is 5.05. The second-order valence-electron chi connectivity index (χ2n) is 9.91. The Kier molecular flexibility index (Phi) is 5.59. The Bertz CT molecular complexity index is 2410. The van der Waals surface area contributed by atoms with Crippen LogP contribution in [-0.4, -0.2) is 39.9 Å². The molecule has 0 radical (unpaired) electrons. The fraction of sp³-hybridized carbons (Fsp3) is 0. The molecule has 5 heterocycles. The van der Waals surface area contributed by atoms with E-state index in [0.717, 1.165) is 48.3 Å². The van der Waals surface area contributed by atoms with Crippen molar-refractivity contribution < 1.29 is 17.1 Å². The van der Waals surface area contributed by atoms with Crippen LogP contribution in [0.3, 0.4) is 0 Å². The van der Waals surface area contributed by atoms with Crippen molar-refractivity contribution in [2.24, 2.45) is 0 Å². The summed E-state index contributed by atoms with van der Waals surface area (Å²) in [6.07, 6.45) is 0. The average molecular weight is 657 g/mol. The summed E-state index contributed by atoms with van der Waals surface area (Å²) in [5, 5.41) is 3.74. The summed E-state index contributed by atoms with van der Waals surface area (Å²) < 4.78 is 0.909. The average Bonchev–Trinajstić information content (AvgIpc) is 3.73. The van der Waals surface area contributed by atoms with Crippen LogP contribution in [-0.2, 0) is 17.1 Å². The summed E-state index contributed by atoms with van der Waals surface area (Å²) in [7, 11) is 0. The van der Waals surface area contributed by atoms with Crippen molar-refractivity contribution in [2.45, 2.75) is 0 Å². The van der Waals surface area contributed by atoms with Crippen molar-refractivity contribution in [3.63, 3.8) is 0 Å². The van der Waals surface area contributed by atoms with E-state index in [0.29, 0.717) is 45.9 Å². The number of H-pyrrole nitrogens is 2. The first-order chi connectivity index (χ1) is 20.2. The molecule has 3 aromatic heterocycles. The molecular formula is C32H17BrCuN8+. The smallest absolute Gasteiger partial charge is 0.324 e. The van der Waals surface area contributed by atoms with Crippen molar-refractivity contribution >= 4 is 60.1 Å². The van der Waals surface area contributed by atoms with Gasteiger partial charge in [0, 0.05) is 48.3 Å². The van der Waals surface area contributed by atoms with Crippen LogP contribution in [0.25, 0.3) is 89.7 Å². The second-order valence-corrected chi connectivity index (χ2v) is 10.8. The second kappa shape index (κ2) is 9.39. The molecule has 7 aromatic rings. The van der Waals surface area contributed by atoms with Gasteiger partial charge in [-0.1, -0.05) is 101 Å². The molecule has 0 atom stereocenters. The van der Waals surface area contributed by atoms with Crippen LogP contribution in [0, 0.1) is 0 Å². The van der Waals surface area contributed by atoms with Gasteiger partial charge in [0.1, 0.15) is 22.6 Å². The number of aromatic nitrogens is 8. The van der Waals surface area contributed by atoms with Gasteiger partial charge in [-0.15, -0.1) is 0 Å². The Hall–Kier alpha value is -4.76. The van der Waals surface area contributed by atoms with Gasteiger partial charge in [-0.05, 0) is 6.07 Å². The summed E-state index contributed by atoms with van der Waals surface area (Å²) in [5.41, 5.74) is 6.34. The van der Waals surface area contributed by atoms with Gasteiger partial charge in [0.15, 0.2) is 23.3 Å². The van der Waals surface area contributed by atoms with Gasteiger partial charge in [0.25, 0.3) is 0 Å². The third-order valence-corrected chi connectivity index (χ3v) is 8.19. The first-order valence-electron chi connectivity index (χ1n) is 13.1. The van der Waals surface area contributed by atoms with Crippen molar-refractivity contribution in [2.75, 3.05) is 0 Å². The predicted octanol–water partition coefficient (Wildman–Crippen LogP) is 7.63. The fourth-order valence-corrected chi connectivity index (χ4v) is 6.20. The minimum Gasteiger partial charge on any atom is -0.324 e. The maximum atomic E-state index is 5.05. The van der Waals surface area contributed by atoms with Gasteiger partial charge in [-0.2, -0.15) is 0 Å². The van der Waals surface area contributed by atoms with E-state index in [2.05, 4.69) is 25.9 Å². The number of nitrogens with zero attached hydrogens (tertiary/aromatic N) is 6. The minimum absolute atomic E-state index is 0. The molecule has 10 heteroatoms. The third kappa shape index (κ3) is 3.66. The van der Waals surface area contributed by atoms with E-state index >= 15 is 0 Å². The zero-order chi connectivity index (χ0) is 27.1. The monoisotopic (exact) mass is 655 g/mol. The fourth-order valence-electron chi connectivity index (χ4n) is 5.65. The maximum Gasteiger partial charge on any atom is 1.00 e. The molecule has 202 valence electrons. The molecule has 0 unspecified atom stereocenters. The Morgan fingerprint density at radius 1 is 0.405 bits per heavy atom. The molecule has 9 rings (SSSR count). The van der Waals surface area contributed by atoms with E-state index in [1.807, 2.05) is 91.0 Å². The first kappa shape index (κ1) is 25.0. The zero-order valence-electron chi connectivity index (χ0n) is 21.5. The van der Waals surface area contributed by atoms with Gasteiger partial charge in [-0.3, -0.25) is 0 Å². The SMILES string of the molecule is Brc1cccc2c3nc4nc(nc5[nH]c(nc6nc(nc([nH]3)c12)-c1ccccc1-6)c1ccccc51)-c1ccccc1-4.[Cu+]. The van der Waals surface area contributed by atoms with Crippen molar-refractivity contribution in [3.05, 3.63) is 95.5 Å². The topological polar surface area (TPSA) is 109 Å². The quantitative estimate of drug-likeness (QED) is 0.163. The number of aromatic amines is 2. The molecule has 0 saturated heterocycles. The molecule has 2 N–H and O–H groups in total. The standard InChI is InChI=1S/C32H17BrN8.Cu/c33-23-15-7-14-22-24(23)32-40-30-21-13-6-5-12-20(21)28(38-30)36-26-17-9-2-1-8-16(17)25(34-26)35-27-18-10-3-4-11-19(18)29(37-27)39-31(22)41-32;/h1-15H,(H2,34,35,36,37,38,39,40,41);/q;+1. The Labute approximate surface area is 257 Å². The molecule has 0 saturated carbocycles. The van der Waals surface area contributed by atoms with Crippen molar-refractivity contribution in [1.82, 2.24) is 39.9 Å². The van der Waals surface area contributed by atoms with Crippen LogP contribution < -0.4 is 0 Å². The summed E-state index contributed by atoms with van der Waals surface area (Å²) >= 11 is 3.73. The van der Waals surface area contributed by atoms with Gasteiger partial charge in [-0.25, -0.2) is 29.9 Å². The third-order valence-electron chi connectivity index (χ3n) is 7.53. The molecule has 0 amide bonds. The number of rotatable bonds is 0.